The molecule has 0 saturated carbocycles. The van der Waals surface area contributed by atoms with Gasteiger partial charge < -0.3 is 20.7 Å². The van der Waals surface area contributed by atoms with E-state index in [4.69, 9.17) is 4.74 Å². The molecular weight excluding hydrogens is 346 g/mol. The molecule has 27 heavy (non-hydrogen) atoms. The minimum Gasteiger partial charge on any atom is -0.494 e. The number of hydrogen-bond acceptors (Lipinski definition) is 4. The van der Waals surface area contributed by atoms with Crippen LogP contribution in [0.3, 0.4) is 0 Å². The van der Waals surface area contributed by atoms with Gasteiger partial charge in [0.15, 0.2) is 0 Å². The molecule has 0 fully saturated rings. The number of hydrogen-bond donors (Lipinski definition) is 3. The summed E-state index contributed by atoms with van der Waals surface area (Å²) in [6.45, 7) is 10.2. The Morgan fingerprint density at radius 3 is 2.11 bits per heavy atom. The van der Waals surface area contributed by atoms with Crippen molar-refractivity contribution in [2.24, 2.45) is 5.92 Å². The van der Waals surface area contributed by atoms with Gasteiger partial charge in [-0.3, -0.25) is 14.4 Å². The molecule has 0 unspecified atom stereocenters. The molecule has 0 aromatic heterocycles. The molecule has 0 spiro atoms. The van der Waals surface area contributed by atoms with E-state index in [2.05, 4.69) is 16.0 Å². The lowest BCUT2D eigenvalue weighted by Crippen LogP contribution is -2.54. The lowest BCUT2D eigenvalue weighted by Gasteiger charge is -2.24. The highest BCUT2D eigenvalue weighted by atomic mass is 16.5. The molecule has 7 heteroatoms. The van der Waals surface area contributed by atoms with Gasteiger partial charge in [-0.05, 0) is 50.5 Å². The Labute approximate surface area is 161 Å². The maximum atomic E-state index is 12.6. The third-order valence-corrected chi connectivity index (χ3v) is 3.96. The molecule has 0 radical (unpaired) electrons. The summed E-state index contributed by atoms with van der Waals surface area (Å²) < 4.78 is 5.36. The first-order valence-corrected chi connectivity index (χ1v) is 9.41. The highest BCUT2D eigenvalue weighted by molar-refractivity contribution is 5.98. The zero-order valence-corrected chi connectivity index (χ0v) is 16.8. The molecule has 150 valence electrons. The van der Waals surface area contributed by atoms with E-state index < -0.39 is 12.1 Å². The fourth-order valence-corrected chi connectivity index (χ4v) is 2.40. The minimum absolute atomic E-state index is 0.137. The molecule has 2 atom stereocenters. The van der Waals surface area contributed by atoms with Crippen LogP contribution in [0.25, 0.3) is 0 Å². The van der Waals surface area contributed by atoms with Crippen LogP contribution >= 0.6 is 0 Å². The average Bonchev–Trinajstić information content (AvgIpc) is 2.64. The predicted octanol–water partition coefficient (Wildman–Crippen LogP) is 1.87. The summed E-state index contributed by atoms with van der Waals surface area (Å²) in [6, 6.07) is 5.30. The van der Waals surface area contributed by atoms with E-state index in [0.717, 1.165) is 6.42 Å². The molecule has 0 heterocycles. The Kier molecular flexibility index (Phi) is 9.33. The van der Waals surface area contributed by atoms with E-state index >= 15 is 0 Å². The minimum atomic E-state index is -0.745. The standard InChI is InChI=1S/C20H31N3O4/c1-6-12-21-18(24)14(5)22-20(26)17(13(3)4)23-19(25)15-8-10-16(11-9-15)27-7-2/h8-11,13-14,17H,6-7,12H2,1-5H3,(H,21,24)(H,22,26)(H,23,25)/t14-,17-/m1/s1. The number of amides is 3. The molecule has 0 aliphatic carbocycles. The van der Waals surface area contributed by atoms with Gasteiger partial charge in [0, 0.05) is 12.1 Å². The van der Waals surface area contributed by atoms with E-state index in [-0.39, 0.29) is 23.6 Å². The molecule has 0 saturated heterocycles. The third kappa shape index (κ3) is 7.29. The van der Waals surface area contributed by atoms with Crippen LogP contribution in [0.5, 0.6) is 5.75 Å². The third-order valence-electron chi connectivity index (χ3n) is 3.96. The molecule has 3 amide bonds. The van der Waals surface area contributed by atoms with Crippen molar-refractivity contribution in [3.05, 3.63) is 29.8 Å². The zero-order valence-electron chi connectivity index (χ0n) is 16.8. The highest BCUT2D eigenvalue weighted by Crippen LogP contribution is 2.13. The Morgan fingerprint density at radius 1 is 0.963 bits per heavy atom. The molecular formula is C20H31N3O4. The molecule has 1 aromatic carbocycles. The zero-order chi connectivity index (χ0) is 20.4. The summed E-state index contributed by atoms with van der Waals surface area (Å²) in [6.07, 6.45) is 0.819. The summed E-state index contributed by atoms with van der Waals surface area (Å²) in [5.41, 5.74) is 0.436. The van der Waals surface area contributed by atoms with Gasteiger partial charge in [-0.15, -0.1) is 0 Å². The van der Waals surface area contributed by atoms with Crippen molar-refractivity contribution >= 4 is 17.7 Å². The van der Waals surface area contributed by atoms with Crippen LogP contribution in [0.4, 0.5) is 0 Å². The van der Waals surface area contributed by atoms with Gasteiger partial charge in [-0.1, -0.05) is 20.8 Å². The van der Waals surface area contributed by atoms with Gasteiger partial charge in [0.25, 0.3) is 5.91 Å². The molecule has 0 bridgehead atoms. The number of benzene rings is 1. The molecule has 0 aliphatic heterocycles. The van der Waals surface area contributed by atoms with Crippen LogP contribution in [-0.2, 0) is 9.59 Å². The molecule has 1 rings (SSSR count). The molecule has 7 nitrogen and oxygen atoms in total. The van der Waals surface area contributed by atoms with E-state index in [9.17, 15) is 14.4 Å². The number of carbonyl (C=O) groups is 3. The van der Waals surface area contributed by atoms with Crippen LogP contribution in [-0.4, -0.2) is 43.0 Å². The normalized spacial score (nSPS) is 12.8. The van der Waals surface area contributed by atoms with Crippen LogP contribution in [0.15, 0.2) is 24.3 Å². The number of ether oxygens (including phenoxy) is 1. The van der Waals surface area contributed by atoms with Crippen LogP contribution < -0.4 is 20.7 Å². The second-order valence-electron chi connectivity index (χ2n) is 6.67. The summed E-state index contributed by atoms with van der Waals surface area (Å²) in [4.78, 5) is 37.0. The van der Waals surface area contributed by atoms with E-state index in [1.807, 2.05) is 27.7 Å². The van der Waals surface area contributed by atoms with Crippen LogP contribution in [0, 0.1) is 5.92 Å². The largest absolute Gasteiger partial charge is 0.494 e. The van der Waals surface area contributed by atoms with Gasteiger partial charge in [0.1, 0.15) is 17.8 Å². The Hall–Kier alpha value is -2.57. The second-order valence-corrected chi connectivity index (χ2v) is 6.67. The fourth-order valence-electron chi connectivity index (χ4n) is 2.40. The Bertz CT molecular complexity index is 629. The van der Waals surface area contributed by atoms with E-state index in [1.54, 1.807) is 31.2 Å². The van der Waals surface area contributed by atoms with Crippen molar-refractivity contribution in [3.63, 3.8) is 0 Å². The SMILES string of the molecule is CCCNC(=O)[C@@H](C)NC(=O)[C@H](NC(=O)c1ccc(OCC)cc1)C(C)C. The summed E-state index contributed by atoms with van der Waals surface area (Å²) >= 11 is 0. The summed E-state index contributed by atoms with van der Waals surface area (Å²) in [7, 11) is 0. The Balaban J connectivity index is 2.72. The van der Waals surface area contributed by atoms with Crippen molar-refractivity contribution in [2.45, 2.75) is 53.1 Å². The second kappa shape index (κ2) is 11.2. The molecule has 1 aromatic rings. The van der Waals surface area contributed by atoms with Gasteiger partial charge in [0.05, 0.1) is 6.61 Å². The topological polar surface area (TPSA) is 96.5 Å². The van der Waals surface area contributed by atoms with Crippen molar-refractivity contribution in [3.8, 4) is 5.75 Å². The lowest BCUT2D eigenvalue weighted by molar-refractivity contribution is -0.130. The van der Waals surface area contributed by atoms with Gasteiger partial charge in [-0.2, -0.15) is 0 Å². The number of carbonyl (C=O) groups excluding carboxylic acids is 3. The van der Waals surface area contributed by atoms with Crippen LogP contribution in [0.1, 0.15) is 51.4 Å². The molecule has 0 aliphatic rings. The summed E-state index contributed by atoms with van der Waals surface area (Å²) in [5.74, 6) is -0.439. The van der Waals surface area contributed by atoms with Crippen molar-refractivity contribution in [1.82, 2.24) is 16.0 Å². The van der Waals surface area contributed by atoms with Crippen molar-refractivity contribution < 1.29 is 19.1 Å². The number of rotatable bonds is 10. The maximum Gasteiger partial charge on any atom is 0.251 e. The summed E-state index contributed by atoms with van der Waals surface area (Å²) in [5, 5.41) is 8.15. The first-order chi connectivity index (χ1) is 12.8. The quantitative estimate of drug-likeness (QED) is 0.580. The Morgan fingerprint density at radius 2 is 1.59 bits per heavy atom. The number of nitrogens with one attached hydrogen (secondary N) is 3. The van der Waals surface area contributed by atoms with E-state index in [1.165, 1.54) is 0 Å². The lowest BCUT2D eigenvalue weighted by atomic mass is 10.0. The van der Waals surface area contributed by atoms with E-state index in [0.29, 0.717) is 24.5 Å². The van der Waals surface area contributed by atoms with Crippen LogP contribution in [0.2, 0.25) is 0 Å². The van der Waals surface area contributed by atoms with Crippen molar-refractivity contribution in [2.75, 3.05) is 13.2 Å². The van der Waals surface area contributed by atoms with Crippen molar-refractivity contribution in [1.29, 1.82) is 0 Å². The monoisotopic (exact) mass is 377 g/mol. The first-order valence-electron chi connectivity index (χ1n) is 9.41. The van der Waals surface area contributed by atoms with Gasteiger partial charge in [-0.25, -0.2) is 0 Å². The smallest absolute Gasteiger partial charge is 0.251 e. The highest BCUT2D eigenvalue weighted by Gasteiger charge is 2.27. The fraction of sp³-hybridized carbons (Fsp3) is 0.550. The molecule has 3 N–H and O–H groups in total. The first kappa shape index (κ1) is 22.5. The predicted molar refractivity (Wildman–Crippen MR) is 105 cm³/mol. The van der Waals surface area contributed by atoms with Gasteiger partial charge in [0.2, 0.25) is 11.8 Å². The average molecular weight is 377 g/mol. The van der Waals surface area contributed by atoms with Gasteiger partial charge >= 0.3 is 0 Å². The maximum absolute atomic E-state index is 12.6.